The summed E-state index contributed by atoms with van der Waals surface area (Å²) in [5.41, 5.74) is 6.45. The number of benzene rings is 1. The topological polar surface area (TPSA) is 50.5 Å². The predicted molar refractivity (Wildman–Crippen MR) is 80.7 cm³/mol. The van der Waals surface area contributed by atoms with Gasteiger partial charge in [0.05, 0.1) is 18.5 Å². The van der Waals surface area contributed by atoms with E-state index in [1.807, 2.05) is 0 Å². The molecule has 1 aromatic rings. The maximum Gasteiger partial charge on any atom is 0.148 e. The van der Waals surface area contributed by atoms with Crippen molar-refractivity contribution in [2.45, 2.75) is 19.3 Å². The Morgan fingerprint density at radius 1 is 1.40 bits per heavy atom. The molecule has 1 fully saturated rings. The van der Waals surface area contributed by atoms with Gasteiger partial charge in [-0.15, -0.1) is 0 Å². The van der Waals surface area contributed by atoms with Crippen LogP contribution in [0.4, 0.5) is 15.8 Å². The number of nitrogens with one attached hydrogen (secondary N) is 1. The number of halogens is 1. The van der Waals surface area contributed by atoms with Crippen LogP contribution in [0.1, 0.15) is 19.3 Å². The van der Waals surface area contributed by atoms with Crippen molar-refractivity contribution in [1.29, 1.82) is 0 Å². The van der Waals surface area contributed by atoms with Crippen molar-refractivity contribution in [2.75, 3.05) is 44.8 Å². The van der Waals surface area contributed by atoms with E-state index >= 15 is 0 Å². The van der Waals surface area contributed by atoms with Crippen LogP contribution >= 0.6 is 0 Å². The average Bonchev–Trinajstić information content (AvgIpc) is 2.43. The average molecular weight is 281 g/mol. The second-order valence-corrected chi connectivity index (χ2v) is 5.54. The monoisotopic (exact) mass is 281 g/mol. The number of hydrogen-bond acceptors (Lipinski definition) is 4. The van der Waals surface area contributed by atoms with Gasteiger partial charge < -0.3 is 20.7 Å². The highest BCUT2D eigenvalue weighted by atomic mass is 19.1. The van der Waals surface area contributed by atoms with Gasteiger partial charge >= 0.3 is 0 Å². The van der Waals surface area contributed by atoms with Crippen LogP contribution in [0, 0.1) is 11.7 Å². The lowest BCUT2D eigenvalue weighted by molar-refractivity contribution is 0.215. The van der Waals surface area contributed by atoms with Gasteiger partial charge in [-0.1, -0.05) is 0 Å². The molecule has 1 heterocycles. The van der Waals surface area contributed by atoms with E-state index < -0.39 is 0 Å². The van der Waals surface area contributed by atoms with E-state index in [2.05, 4.69) is 17.3 Å². The largest absolute Gasteiger partial charge is 0.495 e. The van der Waals surface area contributed by atoms with Crippen molar-refractivity contribution in [3.05, 3.63) is 17.9 Å². The summed E-state index contributed by atoms with van der Waals surface area (Å²) in [7, 11) is 3.69. The quantitative estimate of drug-likeness (QED) is 0.814. The number of nitrogen functional groups attached to an aromatic ring is 1. The fourth-order valence-electron chi connectivity index (χ4n) is 2.64. The Morgan fingerprint density at radius 3 is 2.75 bits per heavy atom. The van der Waals surface area contributed by atoms with Crippen LogP contribution < -0.4 is 15.8 Å². The molecule has 1 aromatic carbocycles. The van der Waals surface area contributed by atoms with Gasteiger partial charge in [0.2, 0.25) is 0 Å². The van der Waals surface area contributed by atoms with Crippen LogP contribution in [-0.4, -0.2) is 38.7 Å². The Labute approximate surface area is 120 Å². The van der Waals surface area contributed by atoms with E-state index in [0.717, 1.165) is 32.0 Å². The lowest BCUT2D eigenvalue weighted by atomic mass is 9.94. The van der Waals surface area contributed by atoms with E-state index in [9.17, 15) is 4.39 Å². The minimum Gasteiger partial charge on any atom is -0.495 e. The molecule has 0 unspecified atom stereocenters. The van der Waals surface area contributed by atoms with Crippen molar-refractivity contribution in [3.8, 4) is 5.75 Å². The maximum absolute atomic E-state index is 13.8. The first-order valence-electron chi connectivity index (χ1n) is 7.15. The third kappa shape index (κ3) is 3.76. The number of nitrogens with two attached hydrogens (primary N) is 1. The second-order valence-electron chi connectivity index (χ2n) is 5.54. The minimum absolute atomic E-state index is 0.325. The number of nitrogens with zero attached hydrogens (tertiary/aromatic N) is 1. The van der Waals surface area contributed by atoms with Crippen LogP contribution in [0.15, 0.2) is 12.1 Å². The van der Waals surface area contributed by atoms with Crippen molar-refractivity contribution in [3.63, 3.8) is 0 Å². The molecular formula is C15H24FN3O. The molecule has 0 saturated carbocycles. The number of ether oxygens (including phenoxy) is 1. The minimum atomic E-state index is -0.327. The maximum atomic E-state index is 13.8. The molecule has 112 valence electrons. The molecule has 5 heteroatoms. The molecule has 0 spiro atoms. The highest BCUT2D eigenvalue weighted by Gasteiger charge is 2.16. The van der Waals surface area contributed by atoms with Crippen LogP contribution in [0.5, 0.6) is 5.75 Å². The summed E-state index contributed by atoms with van der Waals surface area (Å²) >= 11 is 0. The van der Waals surface area contributed by atoms with Gasteiger partial charge in [-0.3, -0.25) is 0 Å². The van der Waals surface area contributed by atoms with E-state index in [-0.39, 0.29) is 5.82 Å². The summed E-state index contributed by atoms with van der Waals surface area (Å²) in [5, 5.41) is 3.15. The Morgan fingerprint density at radius 2 is 2.10 bits per heavy atom. The molecule has 0 aromatic heterocycles. The van der Waals surface area contributed by atoms with Crippen molar-refractivity contribution < 1.29 is 9.13 Å². The van der Waals surface area contributed by atoms with E-state index in [0.29, 0.717) is 17.1 Å². The van der Waals surface area contributed by atoms with Gasteiger partial charge in [-0.25, -0.2) is 4.39 Å². The molecule has 0 atom stereocenters. The Hall–Kier alpha value is -1.49. The first kappa shape index (κ1) is 14.9. The van der Waals surface area contributed by atoms with E-state index in [1.54, 1.807) is 6.07 Å². The molecule has 2 rings (SSSR count). The third-order valence-electron chi connectivity index (χ3n) is 4.03. The van der Waals surface area contributed by atoms with Crippen LogP contribution in [-0.2, 0) is 0 Å². The Bertz CT molecular complexity index is 445. The summed E-state index contributed by atoms with van der Waals surface area (Å²) in [6.07, 6.45) is 3.53. The van der Waals surface area contributed by atoms with Gasteiger partial charge in [-0.2, -0.15) is 0 Å². The highest BCUT2D eigenvalue weighted by molar-refractivity contribution is 5.62. The molecule has 1 saturated heterocycles. The highest BCUT2D eigenvalue weighted by Crippen LogP contribution is 2.28. The zero-order chi connectivity index (χ0) is 14.5. The normalized spacial score (nSPS) is 17.1. The smallest absolute Gasteiger partial charge is 0.148 e. The molecule has 1 aliphatic rings. The molecule has 0 bridgehead atoms. The first-order valence-corrected chi connectivity index (χ1v) is 7.15. The SMILES string of the molecule is COc1cc(NCCC2CCN(C)CC2)c(F)cc1N. The molecule has 20 heavy (non-hydrogen) atoms. The molecule has 4 nitrogen and oxygen atoms in total. The fraction of sp³-hybridized carbons (Fsp3) is 0.600. The Kier molecular flexibility index (Phi) is 5.06. The number of piperidine rings is 1. The molecule has 3 N–H and O–H groups in total. The zero-order valence-corrected chi connectivity index (χ0v) is 12.3. The zero-order valence-electron chi connectivity index (χ0n) is 12.3. The van der Waals surface area contributed by atoms with Gasteiger partial charge in [-0.05, 0) is 45.3 Å². The number of rotatable bonds is 5. The molecule has 0 radical (unpaired) electrons. The van der Waals surface area contributed by atoms with Crippen molar-refractivity contribution in [1.82, 2.24) is 4.90 Å². The third-order valence-corrected chi connectivity index (χ3v) is 4.03. The predicted octanol–water partition coefficient (Wildman–Crippen LogP) is 2.56. The van der Waals surface area contributed by atoms with Gasteiger partial charge in [0, 0.05) is 18.7 Å². The summed E-state index contributed by atoms with van der Waals surface area (Å²) in [6.45, 7) is 3.10. The summed E-state index contributed by atoms with van der Waals surface area (Å²) in [5.74, 6) is 0.914. The van der Waals surface area contributed by atoms with E-state index in [1.165, 1.54) is 26.0 Å². The summed E-state index contributed by atoms with van der Waals surface area (Å²) in [6, 6.07) is 2.93. The van der Waals surface area contributed by atoms with Gasteiger partial charge in [0.1, 0.15) is 11.6 Å². The number of likely N-dealkylation sites (tertiary alicyclic amines) is 1. The lowest BCUT2D eigenvalue weighted by Gasteiger charge is -2.29. The van der Waals surface area contributed by atoms with Gasteiger partial charge in [0.15, 0.2) is 0 Å². The van der Waals surface area contributed by atoms with Crippen LogP contribution in [0.25, 0.3) is 0 Å². The fourth-order valence-corrected chi connectivity index (χ4v) is 2.64. The van der Waals surface area contributed by atoms with Crippen molar-refractivity contribution >= 4 is 11.4 Å². The van der Waals surface area contributed by atoms with Crippen molar-refractivity contribution in [2.24, 2.45) is 5.92 Å². The molecule has 0 aliphatic carbocycles. The van der Waals surface area contributed by atoms with Crippen LogP contribution in [0.3, 0.4) is 0 Å². The van der Waals surface area contributed by atoms with Gasteiger partial charge in [0.25, 0.3) is 0 Å². The molecule has 1 aliphatic heterocycles. The molecule has 0 amide bonds. The first-order chi connectivity index (χ1) is 9.60. The number of anilines is 2. The standard InChI is InChI=1S/C15H24FN3O/c1-19-7-4-11(5-8-19)3-6-18-14-10-15(20-2)13(17)9-12(14)16/h9-11,18H,3-8,17H2,1-2H3. The second kappa shape index (κ2) is 6.79. The summed E-state index contributed by atoms with van der Waals surface area (Å²) < 4.78 is 18.9. The molecular weight excluding hydrogens is 257 g/mol. The number of methoxy groups -OCH3 is 1. The Balaban J connectivity index is 1.85. The van der Waals surface area contributed by atoms with E-state index in [4.69, 9.17) is 10.5 Å². The summed E-state index contributed by atoms with van der Waals surface area (Å²) in [4.78, 5) is 2.36. The van der Waals surface area contributed by atoms with Crippen LogP contribution in [0.2, 0.25) is 0 Å². The number of hydrogen-bond donors (Lipinski definition) is 2. The lowest BCUT2D eigenvalue weighted by Crippen LogP contribution is -2.30.